The third kappa shape index (κ3) is 5.50. The SMILES string of the molecule is CC(c1ccccc1)N(SSN(c1ccccc1)C(C)c1ccccc1)c1ccccc1. The summed E-state index contributed by atoms with van der Waals surface area (Å²) >= 11 is 0. The second-order valence-corrected chi connectivity index (χ2v) is 9.62. The molecule has 0 saturated heterocycles. The van der Waals surface area contributed by atoms with E-state index in [-0.39, 0.29) is 12.1 Å². The molecule has 4 aromatic rings. The van der Waals surface area contributed by atoms with Gasteiger partial charge in [-0.05, 0) is 49.2 Å². The van der Waals surface area contributed by atoms with E-state index in [0.717, 1.165) is 0 Å². The van der Waals surface area contributed by atoms with Gasteiger partial charge in [0.05, 0.1) is 12.1 Å². The lowest BCUT2D eigenvalue weighted by molar-refractivity contribution is 0.819. The van der Waals surface area contributed by atoms with E-state index < -0.39 is 0 Å². The summed E-state index contributed by atoms with van der Waals surface area (Å²) in [6.45, 7) is 4.53. The van der Waals surface area contributed by atoms with Crippen molar-refractivity contribution in [2.45, 2.75) is 25.9 Å². The monoisotopic (exact) mass is 456 g/mol. The Morgan fingerprint density at radius 1 is 0.438 bits per heavy atom. The van der Waals surface area contributed by atoms with Gasteiger partial charge in [-0.15, -0.1) is 0 Å². The topological polar surface area (TPSA) is 6.48 Å². The molecule has 0 bridgehead atoms. The molecule has 2 unspecified atom stereocenters. The number of rotatable bonds is 9. The first kappa shape index (κ1) is 22.4. The van der Waals surface area contributed by atoms with Gasteiger partial charge in [0.25, 0.3) is 0 Å². The molecule has 2 nitrogen and oxygen atoms in total. The second kappa shape index (κ2) is 11.2. The first-order valence-electron chi connectivity index (χ1n) is 10.9. The number of hydrogen-bond acceptors (Lipinski definition) is 4. The van der Waals surface area contributed by atoms with Gasteiger partial charge in [-0.1, -0.05) is 97.1 Å². The van der Waals surface area contributed by atoms with Gasteiger partial charge in [0.15, 0.2) is 0 Å². The highest BCUT2D eigenvalue weighted by Crippen LogP contribution is 2.45. The standard InChI is InChI=1S/C28H28N2S2/c1-23(25-15-7-3-8-16-25)29(27-19-11-5-12-20-27)31-32-30(28-21-13-6-14-22-28)24(2)26-17-9-4-10-18-26/h3-24H,1-2H3. The zero-order chi connectivity index (χ0) is 22.2. The van der Waals surface area contributed by atoms with Crippen LogP contribution in [0.2, 0.25) is 0 Å². The molecule has 2 atom stereocenters. The van der Waals surface area contributed by atoms with E-state index in [4.69, 9.17) is 0 Å². The minimum atomic E-state index is 0.223. The van der Waals surface area contributed by atoms with Crippen molar-refractivity contribution >= 4 is 33.3 Å². The Morgan fingerprint density at radius 2 is 0.719 bits per heavy atom. The molecule has 0 amide bonds. The van der Waals surface area contributed by atoms with Gasteiger partial charge in [0, 0.05) is 33.3 Å². The summed E-state index contributed by atoms with van der Waals surface area (Å²) < 4.78 is 4.79. The number of hydrogen-bond donors (Lipinski definition) is 0. The second-order valence-electron chi connectivity index (χ2n) is 7.65. The third-order valence-corrected chi connectivity index (χ3v) is 8.09. The average molecular weight is 457 g/mol. The van der Waals surface area contributed by atoms with Gasteiger partial charge < -0.3 is 0 Å². The third-order valence-electron chi connectivity index (χ3n) is 5.48. The smallest absolute Gasteiger partial charge is 0.0636 e. The van der Waals surface area contributed by atoms with Crippen LogP contribution in [-0.2, 0) is 0 Å². The summed E-state index contributed by atoms with van der Waals surface area (Å²) in [6.07, 6.45) is 0. The quantitative estimate of drug-likeness (QED) is 0.183. The van der Waals surface area contributed by atoms with Crippen molar-refractivity contribution in [3.05, 3.63) is 132 Å². The number of benzene rings is 4. The predicted molar refractivity (Wildman–Crippen MR) is 143 cm³/mol. The minimum Gasteiger partial charge on any atom is -0.299 e. The molecule has 0 aromatic heterocycles. The largest absolute Gasteiger partial charge is 0.299 e. The normalized spacial score (nSPS) is 12.7. The van der Waals surface area contributed by atoms with Crippen LogP contribution >= 0.6 is 22.0 Å². The molecule has 0 fully saturated rings. The van der Waals surface area contributed by atoms with Crippen molar-refractivity contribution in [1.29, 1.82) is 0 Å². The summed E-state index contributed by atoms with van der Waals surface area (Å²) in [5.41, 5.74) is 4.99. The summed E-state index contributed by atoms with van der Waals surface area (Å²) in [5, 5.41) is 0. The van der Waals surface area contributed by atoms with Gasteiger partial charge >= 0.3 is 0 Å². The van der Waals surface area contributed by atoms with Crippen molar-refractivity contribution in [3.63, 3.8) is 0 Å². The van der Waals surface area contributed by atoms with Crippen LogP contribution in [0.5, 0.6) is 0 Å². The van der Waals surface area contributed by atoms with Crippen LogP contribution in [0.15, 0.2) is 121 Å². The molecule has 162 valence electrons. The van der Waals surface area contributed by atoms with Crippen molar-refractivity contribution in [3.8, 4) is 0 Å². The van der Waals surface area contributed by atoms with E-state index in [1.807, 2.05) is 0 Å². The Morgan fingerprint density at radius 3 is 1.03 bits per heavy atom. The van der Waals surface area contributed by atoms with Crippen molar-refractivity contribution in [1.82, 2.24) is 0 Å². The summed E-state index contributed by atoms with van der Waals surface area (Å²) in [4.78, 5) is 0. The molecular weight excluding hydrogens is 428 g/mol. The Labute approximate surface area is 199 Å². The maximum atomic E-state index is 2.40. The number of para-hydroxylation sites is 2. The maximum absolute atomic E-state index is 2.40. The molecule has 0 aliphatic heterocycles. The highest BCUT2D eigenvalue weighted by molar-refractivity contribution is 8.77. The first-order chi connectivity index (χ1) is 15.7. The molecular formula is C28H28N2S2. The molecule has 0 aliphatic carbocycles. The first-order valence-corrected chi connectivity index (χ1v) is 12.9. The number of anilines is 2. The van der Waals surface area contributed by atoms with Crippen LogP contribution in [0.25, 0.3) is 0 Å². The summed E-state index contributed by atoms with van der Waals surface area (Å²) in [5.74, 6) is 0. The highest BCUT2D eigenvalue weighted by Gasteiger charge is 2.23. The van der Waals surface area contributed by atoms with E-state index in [9.17, 15) is 0 Å². The predicted octanol–water partition coefficient (Wildman–Crippen LogP) is 8.73. The van der Waals surface area contributed by atoms with Gasteiger partial charge in [-0.2, -0.15) is 0 Å². The molecule has 0 N–H and O–H groups in total. The van der Waals surface area contributed by atoms with Crippen LogP contribution in [-0.4, -0.2) is 0 Å². The Balaban J connectivity index is 1.62. The molecule has 4 heteroatoms. The fourth-order valence-electron chi connectivity index (χ4n) is 3.62. The lowest BCUT2D eigenvalue weighted by atomic mass is 10.1. The molecule has 32 heavy (non-hydrogen) atoms. The Bertz CT molecular complexity index is 971. The molecule has 0 aliphatic rings. The highest BCUT2D eigenvalue weighted by atomic mass is 33.1. The van der Waals surface area contributed by atoms with Crippen LogP contribution in [0.1, 0.15) is 37.1 Å². The lowest BCUT2D eigenvalue weighted by Crippen LogP contribution is -2.22. The molecule has 0 radical (unpaired) electrons. The fourth-order valence-corrected chi connectivity index (χ4v) is 6.40. The summed E-state index contributed by atoms with van der Waals surface area (Å²) in [7, 11) is 3.56. The summed E-state index contributed by atoms with van der Waals surface area (Å²) in [6, 6.07) is 43.1. The lowest BCUT2D eigenvalue weighted by Gasteiger charge is -2.34. The zero-order valence-electron chi connectivity index (χ0n) is 18.4. The van der Waals surface area contributed by atoms with E-state index in [0.29, 0.717) is 0 Å². The Kier molecular flexibility index (Phi) is 7.81. The van der Waals surface area contributed by atoms with E-state index in [1.165, 1.54) is 22.5 Å². The van der Waals surface area contributed by atoms with Crippen molar-refractivity contribution in [2.24, 2.45) is 0 Å². The van der Waals surface area contributed by atoms with E-state index in [2.05, 4.69) is 144 Å². The minimum absolute atomic E-state index is 0.223. The van der Waals surface area contributed by atoms with Crippen LogP contribution in [0.4, 0.5) is 11.4 Å². The fraction of sp³-hybridized carbons (Fsp3) is 0.143. The van der Waals surface area contributed by atoms with Gasteiger partial charge in [-0.25, -0.2) is 0 Å². The molecule has 4 rings (SSSR count). The van der Waals surface area contributed by atoms with Gasteiger partial charge in [0.2, 0.25) is 0 Å². The van der Waals surface area contributed by atoms with E-state index >= 15 is 0 Å². The van der Waals surface area contributed by atoms with Crippen LogP contribution in [0, 0.1) is 0 Å². The van der Waals surface area contributed by atoms with Gasteiger partial charge in [-0.3, -0.25) is 8.61 Å². The number of nitrogens with zero attached hydrogens (tertiary/aromatic N) is 2. The Hall–Kier alpha value is -2.82. The van der Waals surface area contributed by atoms with Gasteiger partial charge in [0.1, 0.15) is 0 Å². The molecule has 0 saturated carbocycles. The van der Waals surface area contributed by atoms with Crippen molar-refractivity contribution in [2.75, 3.05) is 8.61 Å². The molecule has 0 spiro atoms. The maximum Gasteiger partial charge on any atom is 0.0636 e. The molecule has 0 heterocycles. The van der Waals surface area contributed by atoms with Crippen molar-refractivity contribution < 1.29 is 0 Å². The van der Waals surface area contributed by atoms with E-state index in [1.54, 1.807) is 22.0 Å². The van der Waals surface area contributed by atoms with Crippen LogP contribution in [0.3, 0.4) is 0 Å². The van der Waals surface area contributed by atoms with Crippen LogP contribution < -0.4 is 8.61 Å². The average Bonchev–Trinajstić information content (AvgIpc) is 2.88. The molecule has 4 aromatic carbocycles. The zero-order valence-corrected chi connectivity index (χ0v) is 20.0.